The SMILES string of the molecule is CCOC(=O)C1=C(C)N=c2sc(=Cc3ccc(OC)c(OC)c3)c(=O)n2C1c1c(OC)ccc2ccccc12. The zero-order chi connectivity index (χ0) is 27.7. The van der Waals surface area contributed by atoms with Gasteiger partial charge in [0.15, 0.2) is 16.3 Å². The summed E-state index contributed by atoms with van der Waals surface area (Å²) < 4.78 is 24.0. The minimum atomic E-state index is -0.797. The zero-order valence-corrected chi connectivity index (χ0v) is 23.1. The fourth-order valence-corrected chi connectivity index (χ4v) is 5.94. The largest absolute Gasteiger partial charge is 0.496 e. The van der Waals surface area contributed by atoms with Crippen LogP contribution in [0.4, 0.5) is 0 Å². The Balaban J connectivity index is 1.81. The predicted octanol–water partition coefficient (Wildman–Crippen LogP) is 3.98. The summed E-state index contributed by atoms with van der Waals surface area (Å²) in [6.45, 7) is 3.71. The van der Waals surface area contributed by atoms with Crippen molar-refractivity contribution in [2.45, 2.75) is 19.9 Å². The highest BCUT2D eigenvalue weighted by atomic mass is 32.1. The topological polar surface area (TPSA) is 88.4 Å². The summed E-state index contributed by atoms with van der Waals surface area (Å²) in [4.78, 5) is 32.6. The summed E-state index contributed by atoms with van der Waals surface area (Å²) in [7, 11) is 4.71. The number of carbonyl (C=O) groups excluding carboxylic acids is 1. The molecule has 1 aliphatic heterocycles. The van der Waals surface area contributed by atoms with Gasteiger partial charge in [0.05, 0.1) is 43.7 Å². The van der Waals surface area contributed by atoms with Gasteiger partial charge in [0.25, 0.3) is 5.56 Å². The molecular weight excluding hydrogens is 516 g/mol. The molecule has 1 atom stereocenters. The maximum atomic E-state index is 14.1. The fourth-order valence-electron chi connectivity index (χ4n) is 4.89. The number of hydrogen-bond acceptors (Lipinski definition) is 8. The van der Waals surface area contributed by atoms with Gasteiger partial charge in [-0.05, 0) is 54.5 Å². The summed E-state index contributed by atoms with van der Waals surface area (Å²) in [5, 5.41) is 1.83. The van der Waals surface area contributed by atoms with Gasteiger partial charge in [-0.25, -0.2) is 9.79 Å². The smallest absolute Gasteiger partial charge is 0.338 e. The van der Waals surface area contributed by atoms with Gasteiger partial charge >= 0.3 is 5.97 Å². The molecule has 39 heavy (non-hydrogen) atoms. The highest BCUT2D eigenvalue weighted by Gasteiger charge is 2.36. The van der Waals surface area contributed by atoms with Crippen molar-refractivity contribution >= 4 is 34.2 Å². The van der Waals surface area contributed by atoms with Crippen LogP contribution >= 0.6 is 11.3 Å². The number of hydrogen-bond donors (Lipinski definition) is 0. The van der Waals surface area contributed by atoms with Gasteiger partial charge in [-0.15, -0.1) is 0 Å². The van der Waals surface area contributed by atoms with E-state index < -0.39 is 12.0 Å². The van der Waals surface area contributed by atoms with Crippen molar-refractivity contribution < 1.29 is 23.7 Å². The molecule has 2 heterocycles. The number of fused-ring (bicyclic) bond motifs is 2. The molecule has 0 aliphatic carbocycles. The van der Waals surface area contributed by atoms with Gasteiger partial charge in [-0.3, -0.25) is 9.36 Å². The fraction of sp³-hybridized carbons (Fsp3) is 0.233. The molecule has 9 heteroatoms. The van der Waals surface area contributed by atoms with Crippen LogP contribution in [0.2, 0.25) is 0 Å². The van der Waals surface area contributed by atoms with Crippen molar-refractivity contribution in [1.82, 2.24) is 4.57 Å². The number of nitrogens with zero attached hydrogens (tertiary/aromatic N) is 2. The van der Waals surface area contributed by atoms with E-state index in [1.54, 1.807) is 58.0 Å². The van der Waals surface area contributed by atoms with Gasteiger partial charge in [-0.2, -0.15) is 0 Å². The Morgan fingerprint density at radius 1 is 1.00 bits per heavy atom. The van der Waals surface area contributed by atoms with Crippen LogP contribution in [-0.2, 0) is 9.53 Å². The zero-order valence-electron chi connectivity index (χ0n) is 22.3. The first-order valence-electron chi connectivity index (χ1n) is 12.4. The van der Waals surface area contributed by atoms with Crippen LogP contribution in [0, 0.1) is 0 Å². The quantitative estimate of drug-likeness (QED) is 0.327. The van der Waals surface area contributed by atoms with Crippen molar-refractivity contribution in [3.05, 3.63) is 96.7 Å². The van der Waals surface area contributed by atoms with Crippen LogP contribution in [-0.4, -0.2) is 38.5 Å². The van der Waals surface area contributed by atoms with E-state index in [0.717, 1.165) is 16.3 Å². The summed E-state index contributed by atoms with van der Waals surface area (Å²) >= 11 is 1.26. The van der Waals surface area contributed by atoms with Crippen molar-refractivity contribution in [1.29, 1.82) is 0 Å². The van der Waals surface area contributed by atoms with E-state index >= 15 is 0 Å². The third-order valence-electron chi connectivity index (χ3n) is 6.65. The first kappa shape index (κ1) is 26.2. The highest BCUT2D eigenvalue weighted by Crippen LogP contribution is 2.40. The molecule has 0 fully saturated rings. The molecule has 1 unspecified atom stereocenters. The molecule has 4 aromatic rings. The number of rotatable bonds is 7. The molecule has 0 spiro atoms. The van der Waals surface area contributed by atoms with E-state index in [2.05, 4.69) is 4.99 Å². The van der Waals surface area contributed by atoms with Gasteiger partial charge in [0.2, 0.25) is 0 Å². The Kier molecular flexibility index (Phi) is 7.26. The Morgan fingerprint density at radius 2 is 1.72 bits per heavy atom. The maximum absolute atomic E-state index is 14.1. The Labute approximate surface area is 229 Å². The van der Waals surface area contributed by atoms with Crippen LogP contribution < -0.4 is 29.1 Å². The summed E-state index contributed by atoms with van der Waals surface area (Å²) in [6.07, 6.45) is 1.78. The number of thiazole rings is 1. The van der Waals surface area contributed by atoms with Gasteiger partial charge < -0.3 is 18.9 Å². The number of carbonyl (C=O) groups is 1. The Hall–Kier alpha value is -4.37. The third kappa shape index (κ3) is 4.59. The number of esters is 1. The average molecular weight is 545 g/mol. The lowest BCUT2D eigenvalue weighted by atomic mass is 9.90. The third-order valence-corrected chi connectivity index (χ3v) is 7.63. The predicted molar refractivity (Wildman–Crippen MR) is 150 cm³/mol. The lowest BCUT2D eigenvalue weighted by Gasteiger charge is -2.27. The first-order chi connectivity index (χ1) is 18.9. The lowest BCUT2D eigenvalue weighted by Crippen LogP contribution is -2.40. The molecule has 200 valence electrons. The lowest BCUT2D eigenvalue weighted by molar-refractivity contribution is -0.139. The standard InChI is InChI=1S/C30H28N2O6S/c1-6-38-29(34)25-17(2)31-30-32(27(25)26-20-10-8-7-9-19(20)12-14-22(26)36-4)28(33)24(39-30)16-18-11-13-21(35-3)23(15-18)37-5/h7-16,27H,6H2,1-5H3. The normalized spacial score (nSPS) is 15.1. The van der Waals surface area contributed by atoms with Gasteiger partial charge in [0, 0.05) is 5.56 Å². The number of benzene rings is 3. The average Bonchev–Trinajstić information content (AvgIpc) is 3.25. The molecule has 0 saturated heterocycles. The van der Waals surface area contributed by atoms with Crippen molar-refractivity contribution in [3.63, 3.8) is 0 Å². The van der Waals surface area contributed by atoms with Crippen molar-refractivity contribution in [3.8, 4) is 17.2 Å². The molecule has 1 aliphatic rings. The molecule has 0 radical (unpaired) electrons. The molecule has 0 saturated carbocycles. The Bertz CT molecular complexity index is 1800. The molecule has 3 aromatic carbocycles. The maximum Gasteiger partial charge on any atom is 0.338 e. The number of allylic oxidation sites excluding steroid dienone is 1. The van der Waals surface area contributed by atoms with E-state index in [4.69, 9.17) is 18.9 Å². The van der Waals surface area contributed by atoms with E-state index in [1.165, 1.54) is 11.3 Å². The molecule has 0 bridgehead atoms. The second-order valence-electron chi connectivity index (χ2n) is 8.82. The highest BCUT2D eigenvalue weighted by molar-refractivity contribution is 7.07. The van der Waals surface area contributed by atoms with E-state index in [-0.39, 0.29) is 12.2 Å². The van der Waals surface area contributed by atoms with Gasteiger partial charge in [0.1, 0.15) is 11.8 Å². The summed E-state index contributed by atoms with van der Waals surface area (Å²) in [5.41, 5.74) is 1.98. The molecule has 0 amide bonds. The molecule has 5 rings (SSSR count). The number of ether oxygens (including phenoxy) is 4. The second kappa shape index (κ2) is 10.8. The molecule has 8 nitrogen and oxygen atoms in total. The van der Waals surface area contributed by atoms with Crippen molar-refractivity contribution in [2.75, 3.05) is 27.9 Å². The van der Waals surface area contributed by atoms with E-state index in [9.17, 15) is 9.59 Å². The number of aromatic nitrogens is 1. The summed E-state index contributed by atoms with van der Waals surface area (Å²) in [6, 6.07) is 16.3. The van der Waals surface area contributed by atoms with Crippen LogP contribution in [0.1, 0.15) is 31.0 Å². The Morgan fingerprint density at radius 3 is 2.44 bits per heavy atom. The van der Waals surface area contributed by atoms with Gasteiger partial charge in [-0.1, -0.05) is 47.7 Å². The van der Waals surface area contributed by atoms with Crippen LogP contribution in [0.25, 0.3) is 16.8 Å². The minimum Gasteiger partial charge on any atom is -0.496 e. The first-order valence-corrected chi connectivity index (χ1v) is 13.2. The minimum absolute atomic E-state index is 0.193. The summed E-state index contributed by atoms with van der Waals surface area (Å²) in [5.74, 6) is 1.18. The molecule has 0 N–H and O–H groups in total. The molecule has 1 aromatic heterocycles. The van der Waals surface area contributed by atoms with E-state index in [1.807, 2.05) is 42.5 Å². The van der Waals surface area contributed by atoms with Crippen molar-refractivity contribution in [2.24, 2.45) is 4.99 Å². The van der Waals surface area contributed by atoms with Crippen LogP contribution in [0.3, 0.4) is 0 Å². The van der Waals surface area contributed by atoms with Crippen LogP contribution in [0.15, 0.2) is 75.7 Å². The number of methoxy groups -OCH3 is 3. The molecular formula is C30H28N2O6S. The van der Waals surface area contributed by atoms with Crippen LogP contribution in [0.5, 0.6) is 17.2 Å². The van der Waals surface area contributed by atoms with E-state index in [0.29, 0.717) is 43.4 Å². The monoisotopic (exact) mass is 544 g/mol. The second-order valence-corrected chi connectivity index (χ2v) is 9.83.